The van der Waals surface area contributed by atoms with Crippen molar-refractivity contribution in [2.24, 2.45) is 5.10 Å². The highest BCUT2D eigenvalue weighted by atomic mass is 16.5. The summed E-state index contributed by atoms with van der Waals surface area (Å²) in [4.78, 5) is 11.6. The Labute approximate surface area is 149 Å². The fourth-order valence-electron chi connectivity index (χ4n) is 2.54. The molecule has 0 aliphatic rings. The zero-order valence-corrected chi connectivity index (χ0v) is 14.1. The van der Waals surface area contributed by atoms with Gasteiger partial charge >= 0.3 is 5.97 Å². The molecule has 26 heavy (non-hydrogen) atoms. The molecule has 0 aliphatic carbocycles. The third-order valence-electron chi connectivity index (χ3n) is 3.74. The first-order chi connectivity index (χ1) is 12.7. The number of hydrazone groups is 1. The number of nitrogens with zero attached hydrogens (tertiary/aromatic N) is 3. The van der Waals surface area contributed by atoms with Gasteiger partial charge in [0.15, 0.2) is 17.3 Å². The second-order valence-corrected chi connectivity index (χ2v) is 5.22. The first-order valence-corrected chi connectivity index (χ1v) is 7.63. The summed E-state index contributed by atoms with van der Waals surface area (Å²) in [5, 5.41) is 23.3. The molecular formula is C18H16N4O4. The third kappa shape index (κ3) is 3.25. The fraction of sp³-hybridized carbons (Fsp3) is 0.111. The number of carbonyl (C=O) groups is 1. The molecule has 3 aromatic rings. The van der Waals surface area contributed by atoms with E-state index in [0.717, 1.165) is 10.8 Å². The van der Waals surface area contributed by atoms with E-state index in [4.69, 9.17) is 9.47 Å². The lowest BCUT2D eigenvalue weighted by Crippen LogP contribution is -2.07. The Hall–Kier alpha value is -3.68. The smallest absolute Gasteiger partial charge is 0.340 e. The molecule has 2 aromatic carbocycles. The minimum atomic E-state index is -1.15. The maximum absolute atomic E-state index is 11.6. The highest BCUT2D eigenvalue weighted by molar-refractivity contribution is 6.02. The number of ether oxygens (including phenoxy) is 2. The molecule has 0 spiro atoms. The zero-order valence-electron chi connectivity index (χ0n) is 14.1. The van der Waals surface area contributed by atoms with Crippen LogP contribution >= 0.6 is 0 Å². The molecule has 0 saturated carbocycles. The molecule has 2 N–H and O–H groups in total. The van der Waals surface area contributed by atoms with Crippen LogP contribution in [0, 0.1) is 0 Å². The summed E-state index contributed by atoms with van der Waals surface area (Å²) in [6, 6.07) is 10.8. The van der Waals surface area contributed by atoms with Gasteiger partial charge in [0.1, 0.15) is 5.56 Å². The summed E-state index contributed by atoms with van der Waals surface area (Å²) in [7, 11) is 2.83. The Morgan fingerprint density at radius 2 is 2.00 bits per heavy atom. The van der Waals surface area contributed by atoms with Gasteiger partial charge in [0.25, 0.3) is 0 Å². The molecule has 0 unspecified atom stereocenters. The summed E-state index contributed by atoms with van der Waals surface area (Å²) < 4.78 is 10.3. The number of aromatic carboxylic acids is 1. The quantitative estimate of drug-likeness (QED) is 0.519. The van der Waals surface area contributed by atoms with E-state index in [1.165, 1.54) is 20.4 Å². The maximum Gasteiger partial charge on any atom is 0.340 e. The summed E-state index contributed by atoms with van der Waals surface area (Å²) in [6.07, 6.45) is 3.04. The van der Waals surface area contributed by atoms with Crippen molar-refractivity contribution in [2.45, 2.75) is 0 Å². The Kier molecular flexibility index (Phi) is 4.93. The van der Waals surface area contributed by atoms with Crippen LogP contribution in [0.25, 0.3) is 10.8 Å². The Bertz CT molecular complexity index is 983. The molecule has 8 heteroatoms. The number of fused-ring (bicyclic) bond motifs is 1. The minimum absolute atomic E-state index is 0.0404. The molecule has 0 fully saturated rings. The second kappa shape index (κ2) is 7.47. The predicted octanol–water partition coefficient (Wildman–Crippen LogP) is 2.79. The number of hydrogen-bond acceptors (Lipinski definition) is 7. The number of anilines is 1. The van der Waals surface area contributed by atoms with Crippen molar-refractivity contribution in [2.75, 3.05) is 19.6 Å². The van der Waals surface area contributed by atoms with Crippen molar-refractivity contribution >= 4 is 28.8 Å². The average Bonchev–Trinajstić information content (AvgIpc) is 2.67. The van der Waals surface area contributed by atoms with Crippen LogP contribution in [0.15, 0.2) is 47.7 Å². The highest BCUT2D eigenvalue weighted by Crippen LogP contribution is 2.33. The lowest BCUT2D eigenvalue weighted by atomic mass is 10.1. The predicted molar refractivity (Wildman–Crippen MR) is 97.3 cm³/mol. The maximum atomic E-state index is 11.6. The van der Waals surface area contributed by atoms with Crippen LogP contribution in [0.2, 0.25) is 0 Å². The lowest BCUT2D eigenvalue weighted by molar-refractivity contribution is 0.0692. The van der Waals surface area contributed by atoms with Crippen LogP contribution in [0.5, 0.6) is 11.5 Å². The van der Waals surface area contributed by atoms with E-state index in [2.05, 4.69) is 20.7 Å². The number of rotatable bonds is 6. The van der Waals surface area contributed by atoms with Crippen LogP contribution < -0.4 is 14.9 Å². The summed E-state index contributed by atoms with van der Waals surface area (Å²) in [6.45, 7) is 0. The van der Waals surface area contributed by atoms with Crippen molar-refractivity contribution in [3.05, 3.63) is 53.7 Å². The van der Waals surface area contributed by atoms with E-state index in [1.807, 2.05) is 24.3 Å². The molecule has 0 saturated heterocycles. The first kappa shape index (κ1) is 17.2. The SMILES string of the molecule is COc1ccc(C=NNc2nncc3ccccc23)c(C(=O)O)c1OC. The van der Waals surface area contributed by atoms with Gasteiger partial charge < -0.3 is 14.6 Å². The van der Waals surface area contributed by atoms with Crippen molar-refractivity contribution in [3.63, 3.8) is 0 Å². The van der Waals surface area contributed by atoms with E-state index in [1.54, 1.807) is 18.3 Å². The minimum Gasteiger partial charge on any atom is -0.493 e. The summed E-state index contributed by atoms with van der Waals surface area (Å²) in [5.74, 6) is -0.215. The molecule has 0 aliphatic heterocycles. The lowest BCUT2D eigenvalue weighted by Gasteiger charge is -2.12. The highest BCUT2D eigenvalue weighted by Gasteiger charge is 2.20. The topological polar surface area (TPSA) is 106 Å². The van der Waals surface area contributed by atoms with Gasteiger partial charge in [0, 0.05) is 16.3 Å². The van der Waals surface area contributed by atoms with E-state index in [-0.39, 0.29) is 11.3 Å². The van der Waals surface area contributed by atoms with E-state index >= 15 is 0 Å². The Balaban J connectivity index is 1.94. The van der Waals surface area contributed by atoms with Gasteiger partial charge in [-0.25, -0.2) is 4.79 Å². The van der Waals surface area contributed by atoms with Crippen molar-refractivity contribution in [1.29, 1.82) is 0 Å². The van der Waals surface area contributed by atoms with E-state index < -0.39 is 5.97 Å². The molecule has 132 valence electrons. The van der Waals surface area contributed by atoms with Gasteiger partial charge in [0.2, 0.25) is 0 Å². The molecule has 0 bridgehead atoms. The molecule has 1 aromatic heterocycles. The third-order valence-corrected chi connectivity index (χ3v) is 3.74. The first-order valence-electron chi connectivity index (χ1n) is 7.63. The normalized spacial score (nSPS) is 10.8. The molecular weight excluding hydrogens is 336 g/mol. The van der Waals surface area contributed by atoms with Gasteiger partial charge in [-0.2, -0.15) is 10.2 Å². The number of aromatic nitrogens is 2. The monoisotopic (exact) mass is 352 g/mol. The van der Waals surface area contributed by atoms with Gasteiger partial charge in [-0.15, -0.1) is 5.10 Å². The Morgan fingerprint density at radius 1 is 1.19 bits per heavy atom. The summed E-state index contributed by atoms with van der Waals surface area (Å²) >= 11 is 0. The Morgan fingerprint density at radius 3 is 2.73 bits per heavy atom. The van der Waals surface area contributed by atoms with Crippen molar-refractivity contribution in [1.82, 2.24) is 10.2 Å². The fourth-order valence-corrected chi connectivity index (χ4v) is 2.54. The zero-order chi connectivity index (χ0) is 18.5. The van der Waals surface area contributed by atoms with Crippen LogP contribution in [0.4, 0.5) is 5.82 Å². The van der Waals surface area contributed by atoms with E-state index in [9.17, 15) is 9.90 Å². The molecule has 0 atom stereocenters. The van der Waals surface area contributed by atoms with Crippen molar-refractivity contribution < 1.29 is 19.4 Å². The molecule has 3 rings (SSSR count). The van der Waals surface area contributed by atoms with Gasteiger partial charge in [-0.05, 0) is 12.1 Å². The molecule has 0 radical (unpaired) electrons. The van der Waals surface area contributed by atoms with Gasteiger partial charge in [-0.3, -0.25) is 5.43 Å². The molecule has 1 heterocycles. The van der Waals surface area contributed by atoms with Crippen LogP contribution in [-0.2, 0) is 0 Å². The standard InChI is InChI=1S/C18H16N4O4/c1-25-14-8-7-12(15(18(23)24)16(14)26-2)10-20-22-17-13-6-4-3-5-11(13)9-19-21-17/h3-10H,1-2H3,(H,21,22)(H,23,24). The number of benzene rings is 2. The number of hydrogen-bond donors (Lipinski definition) is 2. The van der Waals surface area contributed by atoms with Crippen molar-refractivity contribution in [3.8, 4) is 11.5 Å². The van der Waals surface area contributed by atoms with E-state index in [0.29, 0.717) is 17.1 Å². The number of carboxylic acids is 1. The van der Waals surface area contributed by atoms with Gasteiger partial charge in [-0.1, -0.05) is 24.3 Å². The number of nitrogens with one attached hydrogen (secondary N) is 1. The number of methoxy groups -OCH3 is 2. The van der Waals surface area contributed by atoms with Crippen LogP contribution in [0.1, 0.15) is 15.9 Å². The second-order valence-electron chi connectivity index (χ2n) is 5.22. The van der Waals surface area contributed by atoms with Crippen LogP contribution in [0.3, 0.4) is 0 Å². The average molecular weight is 352 g/mol. The summed E-state index contributed by atoms with van der Waals surface area (Å²) in [5.41, 5.74) is 3.12. The number of carboxylic acid groups (broad SMARTS) is 1. The molecule has 8 nitrogen and oxygen atoms in total. The van der Waals surface area contributed by atoms with Crippen LogP contribution in [-0.4, -0.2) is 41.7 Å². The van der Waals surface area contributed by atoms with Gasteiger partial charge in [0.05, 0.1) is 26.6 Å². The molecule has 0 amide bonds. The largest absolute Gasteiger partial charge is 0.493 e.